The van der Waals surface area contributed by atoms with Crippen molar-refractivity contribution >= 4 is 45.4 Å². The van der Waals surface area contributed by atoms with E-state index in [9.17, 15) is 0 Å². The normalized spacial score (nSPS) is 11.0. The second-order valence-electron chi connectivity index (χ2n) is 4.28. The minimum atomic E-state index is 0.394. The van der Waals surface area contributed by atoms with Crippen LogP contribution in [0.5, 0.6) is 5.75 Å². The molecule has 0 aliphatic carbocycles. The third-order valence-corrected chi connectivity index (χ3v) is 4.94. The summed E-state index contributed by atoms with van der Waals surface area (Å²) in [5.74, 6) is 1.27. The molecule has 3 rings (SSSR count). The van der Waals surface area contributed by atoms with Crippen LogP contribution >= 0.6 is 34.5 Å². The zero-order valence-corrected chi connectivity index (χ0v) is 13.1. The van der Waals surface area contributed by atoms with Gasteiger partial charge in [-0.3, -0.25) is 0 Å². The van der Waals surface area contributed by atoms with E-state index >= 15 is 0 Å². The molecule has 6 heteroatoms. The first-order chi connectivity index (χ1) is 9.60. The zero-order valence-electron chi connectivity index (χ0n) is 10.8. The highest BCUT2D eigenvalue weighted by atomic mass is 35.5. The van der Waals surface area contributed by atoms with Crippen molar-refractivity contribution in [3.63, 3.8) is 0 Å². The van der Waals surface area contributed by atoms with Crippen molar-refractivity contribution in [1.82, 2.24) is 9.97 Å². The number of rotatable bonds is 2. The molecule has 102 valence electrons. The smallest absolute Gasteiger partial charge is 0.173 e. The van der Waals surface area contributed by atoms with Crippen molar-refractivity contribution in [1.29, 1.82) is 0 Å². The Morgan fingerprint density at radius 3 is 2.65 bits per heavy atom. The minimum absolute atomic E-state index is 0.394. The Bertz CT molecular complexity index is 801. The van der Waals surface area contributed by atoms with E-state index in [2.05, 4.69) is 9.97 Å². The van der Waals surface area contributed by atoms with Gasteiger partial charge in [0, 0.05) is 5.39 Å². The number of nitrogens with zero attached hydrogens (tertiary/aromatic N) is 2. The molecule has 3 nitrogen and oxygen atoms in total. The van der Waals surface area contributed by atoms with Crippen LogP contribution in [0.15, 0.2) is 23.6 Å². The second-order valence-corrected chi connectivity index (χ2v) is 5.90. The maximum Gasteiger partial charge on any atom is 0.173 e. The molecular weight excluding hydrogens is 315 g/mol. The fraction of sp³-hybridized carbons (Fsp3) is 0.143. The van der Waals surface area contributed by atoms with Crippen LogP contribution in [0.25, 0.3) is 21.6 Å². The molecule has 0 saturated carbocycles. The van der Waals surface area contributed by atoms with Crippen LogP contribution in [0.3, 0.4) is 0 Å². The molecule has 0 fully saturated rings. The molecule has 0 saturated heterocycles. The van der Waals surface area contributed by atoms with Gasteiger partial charge in [-0.05, 0) is 36.1 Å². The molecule has 2 heterocycles. The summed E-state index contributed by atoms with van der Waals surface area (Å²) in [4.78, 5) is 9.71. The highest BCUT2D eigenvalue weighted by Crippen LogP contribution is 2.36. The van der Waals surface area contributed by atoms with Crippen molar-refractivity contribution in [3.8, 4) is 16.5 Å². The maximum atomic E-state index is 6.26. The average molecular weight is 325 g/mol. The Balaban J connectivity index is 2.22. The number of hydrogen-bond acceptors (Lipinski definition) is 4. The molecule has 0 N–H and O–H groups in total. The summed E-state index contributed by atoms with van der Waals surface area (Å²) in [6, 6.07) is 5.53. The first kappa shape index (κ1) is 13.6. The SMILES string of the molecule is COc1ccc2nc(-c3scc(C)c3Cl)nc(Cl)c2c1. The summed E-state index contributed by atoms with van der Waals surface area (Å²) in [6.07, 6.45) is 0. The summed E-state index contributed by atoms with van der Waals surface area (Å²) in [5, 5.41) is 3.82. The molecule has 0 amide bonds. The molecule has 1 aromatic carbocycles. The predicted octanol–water partition coefficient (Wildman–Crippen LogP) is 4.98. The number of ether oxygens (including phenoxy) is 1. The minimum Gasteiger partial charge on any atom is -0.497 e. The first-order valence-electron chi connectivity index (χ1n) is 5.85. The third kappa shape index (κ3) is 2.24. The Labute approximate surface area is 130 Å². The van der Waals surface area contributed by atoms with Crippen LogP contribution in [0.2, 0.25) is 10.2 Å². The molecule has 0 spiro atoms. The number of aromatic nitrogens is 2. The third-order valence-electron chi connectivity index (χ3n) is 2.96. The molecule has 0 radical (unpaired) electrons. The molecule has 0 aliphatic heterocycles. The molecule has 0 aliphatic rings. The van der Waals surface area contributed by atoms with Gasteiger partial charge < -0.3 is 4.74 Å². The van der Waals surface area contributed by atoms with Gasteiger partial charge in [-0.1, -0.05) is 23.2 Å². The van der Waals surface area contributed by atoms with E-state index in [4.69, 9.17) is 27.9 Å². The number of halogens is 2. The predicted molar refractivity (Wildman–Crippen MR) is 84.2 cm³/mol. The number of benzene rings is 1. The van der Waals surface area contributed by atoms with E-state index in [-0.39, 0.29) is 0 Å². The number of methoxy groups -OCH3 is 1. The Morgan fingerprint density at radius 1 is 1.20 bits per heavy atom. The summed E-state index contributed by atoms with van der Waals surface area (Å²) in [7, 11) is 1.61. The fourth-order valence-corrected chi connectivity index (χ4v) is 3.32. The quantitative estimate of drug-likeness (QED) is 0.623. The number of hydrogen-bond donors (Lipinski definition) is 0. The van der Waals surface area contributed by atoms with Gasteiger partial charge in [0.15, 0.2) is 5.82 Å². The number of aryl methyl sites for hydroxylation is 1. The van der Waals surface area contributed by atoms with Crippen LogP contribution in [0.4, 0.5) is 0 Å². The Morgan fingerprint density at radius 2 is 2.00 bits per heavy atom. The van der Waals surface area contributed by atoms with Gasteiger partial charge in [0.25, 0.3) is 0 Å². The van der Waals surface area contributed by atoms with E-state index in [0.717, 1.165) is 27.1 Å². The van der Waals surface area contributed by atoms with Crippen LogP contribution < -0.4 is 4.74 Å². The molecule has 0 bridgehead atoms. The second kappa shape index (κ2) is 5.20. The Kier molecular flexibility index (Phi) is 3.54. The van der Waals surface area contributed by atoms with Crippen molar-refractivity contribution in [2.24, 2.45) is 0 Å². The lowest BCUT2D eigenvalue weighted by Gasteiger charge is -2.05. The van der Waals surface area contributed by atoms with Gasteiger partial charge in [0.1, 0.15) is 10.9 Å². The average Bonchev–Trinajstić information content (AvgIpc) is 2.78. The monoisotopic (exact) mass is 324 g/mol. The number of fused-ring (bicyclic) bond motifs is 1. The lowest BCUT2D eigenvalue weighted by Crippen LogP contribution is -1.92. The fourth-order valence-electron chi connectivity index (χ4n) is 1.88. The summed E-state index contributed by atoms with van der Waals surface area (Å²) in [5.41, 5.74) is 1.78. The van der Waals surface area contributed by atoms with E-state index in [1.54, 1.807) is 7.11 Å². The highest BCUT2D eigenvalue weighted by molar-refractivity contribution is 7.14. The van der Waals surface area contributed by atoms with Gasteiger partial charge in [-0.2, -0.15) is 0 Å². The number of thiophene rings is 1. The topological polar surface area (TPSA) is 35.0 Å². The van der Waals surface area contributed by atoms with Crippen molar-refractivity contribution < 1.29 is 4.74 Å². The van der Waals surface area contributed by atoms with Gasteiger partial charge in [0.05, 0.1) is 22.5 Å². The van der Waals surface area contributed by atoms with E-state index in [0.29, 0.717) is 16.0 Å². The van der Waals surface area contributed by atoms with Gasteiger partial charge in [0.2, 0.25) is 0 Å². The molecule has 20 heavy (non-hydrogen) atoms. The summed E-state index contributed by atoms with van der Waals surface area (Å²) in [6.45, 7) is 1.95. The van der Waals surface area contributed by atoms with Gasteiger partial charge >= 0.3 is 0 Å². The summed E-state index contributed by atoms with van der Waals surface area (Å²) < 4.78 is 5.18. The lowest BCUT2D eigenvalue weighted by atomic mass is 10.2. The van der Waals surface area contributed by atoms with Gasteiger partial charge in [-0.25, -0.2) is 9.97 Å². The first-order valence-corrected chi connectivity index (χ1v) is 7.49. The Hall–Kier alpha value is -1.36. The van der Waals surface area contributed by atoms with Crippen molar-refractivity contribution in [3.05, 3.63) is 39.3 Å². The molecule has 3 aromatic rings. The standard InChI is InChI=1S/C14H10Cl2N2OS/c1-7-6-20-12(11(7)15)14-17-10-4-3-8(19-2)5-9(10)13(16)18-14/h3-6H,1-2H3. The molecule has 0 atom stereocenters. The zero-order chi connectivity index (χ0) is 14.3. The molecule has 2 aromatic heterocycles. The van der Waals surface area contributed by atoms with E-state index in [1.807, 2.05) is 30.5 Å². The molecule has 0 unspecified atom stereocenters. The van der Waals surface area contributed by atoms with Crippen LogP contribution in [0, 0.1) is 6.92 Å². The van der Waals surface area contributed by atoms with Crippen LogP contribution in [-0.4, -0.2) is 17.1 Å². The van der Waals surface area contributed by atoms with E-state index in [1.165, 1.54) is 11.3 Å². The van der Waals surface area contributed by atoms with Crippen LogP contribution in [-0.2, 0) is 0 Å². The van der Waals surface area contributed by atoms with Gasteiger partial charge in [-0.15, -0.1) is 11.3 Å². The van der Waals surface area contributed by atoms with Crippen molar-refractivity contribution in [2.45, 2.75) is 6.92 Å². The van der Waals surface area contributed by atoms with E-state index < -0.39 is 0 Å². The van der Waals surface area contributed by atoms with Crippen LogP contribution in [0.1, 0.15) is 5.56 Å². The highest BCUT2D eigenvalue weighted by Gasteiger charge is 2.14. The lowest BCUT2D eigenvalue weighted by molar-refractivity contribution is 0.415. The summed E-state index contributed by atoms with van der Waals surface area (Å²) >= 11 is 14.0. The molecular formula is C14H10Cl2N2OS. The maximum absolute atomic E-state index is 6.26. The van der Waals surface area contributed by atoms with Crippen molar-refractivity contribution in [2.75, 3.05) is 7.11 Å². The largest absolute Gasteiger partial charge is 0.497 e.